The molecular formula is C15H26N2OS. The van der Waals surface area contributed by atoms with Crippen LogP contribution in [0.15, 0.2) is 11.4 Å². The predicted octanol–water partition coefficient (Wildman–Crippen LogP) is 2.40. The van der Waals surface area contributed by atoms with Crippen LogP contribution in [0, 0.1) is 5.41 Å². The molecule has 2 rings (SSSR count). The molecule has 0 bridgehead atoms. The minimum atomic E-state index is 0.193. The van der Waals surface area contributed by atoms with E-state index in [1.54, 1.807) is 0 Å². The van der Waals surface area contributed by atoms with Gasteiger partial charge in [-0.15, -0.1) is 11.3 Å². The van der Waals surface area contributed by atoms with E-state index in [0.29, 0.717) is 6.61 Å². The van der Waals surface area contributed by atoms with Gasteiger partial charge in [-0.3, -0.25) is 0 Å². The first-order valence-electron chi connectivity index (χ1n) is 7.03. The van der Waals surface area contributed by atoms with Gasteiger partial charge in [0.1, 0.15) is 0 Å². The standard InChI is InChI=1S/C15H26N2OS/c1-16(2)8-13-7-14(19-10-13)9-17(3)11-15(12-18)5-4-6-15/h7,10,18H,4-6,8-9,11-12H2,1-3H3. The number of hydrogen-bond donors (Lipinski definition) is 1. The lowest BCUT2D eigenvalue weighted by Crippen LogP contribution is -2.43. The second-order valence-corrected chi connectivity index (χ2v) is 7.34. The fourth-order valence-electron chi connectivity index (χ4n) is 2.89. The maximum atomic E-state index is 9.53. The summed E-state index contributed by atoms with van der Waals surface area (Å²) in [6.07, 6.45) is 3.65. The Balaban J connectivity index is 1.84. The van der Waals surface area contributed by atoms with Crippen LogP contribution in [0.2, 0.25) is 0 Å². The molecule has 4 heteroatoms. The third-order valence-electron chi connectivity index (χ3n) is 3.99. The van der Waals surface area contributed by atoms with Crippen molar-refractivity contribution in [1.29, 1.82) is 0 Å². The first-order chi connectivity index (χ1) is 9.03. The summed E-state index contributed by atoms with van der Waals surface area (Å²) in [6, 6.07) is 2.31. The molecule has 1 N–H and O–H groups in total. The molecule has 0 saturated heterocycles. The van der Waals surface area contributed by atoms with Crippen molar-refractivity contribution in [2.45, 2.75) is 32.4 Å². The molecule has 0 atom stereocenters. The summed E-state index contributed by atoms with van der Waals surface area (Å²) in [5, 5.41) is 11.8. The van der Waals surface area contributed by atoms with Crippen molar-refractivity contribution in [3.05, 3.63) is 21.9 Å². The zero-order valence-corrected chi connectivity index (χ0v) is 13.2. The van der Waals surface area contributed by atoms with Gasteiger partial charge in [0.15, 0.2) is 0 Å². The normalized spacial score (nSPS) is 18.0. The van der Waals surface area contributed by atoms with E-state index in [4.69, 9.17) is 0 Å². The molecule has 1 aromatic heterocycles. The number of aliphatic hydroxyl groups excluding tert-OH is 1. The summed E-state index contributed by atoms with van der Waals surface area (Å²) >= 11 is 1.85. The Bertz CT molecular complexity index is 393. The molecule has 1 fully saturated rings. The lowest BCUT2D eigenvalue weighted by Gasteiger charge is -2.42. The number of rotatable bonds is 7. The Kier molecular flexibility index (Phi) is 5.01. The molecule has 0 amide bonds. The second kappa shape index (κ2) is 6.35. The summed E-state index contributed by atoms with van der Waals surface area (Å²) in [5.74, 6) is 0. The van der Waals surface area contributed by atoms with E-state index in [-0.39, 0.29) is 5.41 Å². The monoisotopic (exact) mass is 282 g/mol. The average molecular weight is 282 g/mol. The molecule has 1 aliphatic rings. The van der Waals surface area contributed by atoms with Crippen LogP contribution in [0.3, 0.4) is 0 Å². The van der Waals surface area contributed by atoms with E-state index in [1.807, 2.05) is 11.3 Å². The van der Waals surface area contributed by atoms with Crippen LogP contribution in [0.25, 0.3) is 0 Å². The minimum absolute atomic E-state index is 0.193. The Morgan fingerprint density at radius 2 is 2.00 bits per heavy atom. The van der Waals surface area contributed by atoms with Crippen molar-refractivity contribution in [3.8, 4) is 0 Å². The zero-order valence-electron chi connectivity index (χ0n) is 12.4. The van der Waals surface area contributed by atoms with Crippen molar-refractivity contribution < 1.29 is 5.11 Å². The Morgan fingerprint density at radius 3 is 2.53 bits per heavy atom. The van der Waals surface area contributed by atoms with Gasteiger partial charge in [-0.25, -0.2) is 0 Å². The van der Waals surface area contributed by atoms with Crippen molar-refractivity contribution >= 4 is 11.3 Å². The molecule has 1 aliphatic carbocycles. The van der Waals surface area contributed by atoms with Gasteiger partial charge >= 0.3 is 0 Å². The molecule has 19 heavy (non-hydrogen) atoms. The largest absolute Gasteiger partial charge is 0.396 e. The molecular weight excluding hydrogens is 256 g/mol. The van der Waals surface area contributed by atoms with E-state index in [9.17, 15) is 5.11 Å². The van der Waals surface area contributed by atoms with Crippen LogP contribution in [-0.4, -0.2) is 49.2 Å². The summed E-state index contributed by atoms with van der Waals surface area (Å²) in [7, 11) is 6.37. The number of hydrogen-bond acceptors (Lipinski definition) is 4. The molecule has 1 aromatic rings. The van der Waals surface area contributed by atoms with Crippen LogP contribution in [-0.2, 0) is 13.1 Å². The number of thiophene rings is 1. The van der Waals surface area contributed by atoms with E-state index < -0.39 is 0 Å². The van der Waals surface area contributed by atoms with Gasteiger partial charge in [-0.1, -0.05) is 6.42 Å². The summed E-state index contributed by atoms with van der Waals surface area (Å²) < 4.78 is 0. The summed E-state index contributed by atoms with van der Waals surface area (Å²) in [4.78, 5) is 5.98. The Hall–Kier alpha value is -0.420. The van der Waals surface area contributed by atoms with Gasteiger partial charge in [-0.2, -0.15) is 0 Å². The molecule has 1 heterocycles. The fraction of sp³-hybridized carbons (Fsp3) is 0.733. The first-order valence-corrected chi connectivity index (χ1v) is 7.91. The average Bonchev–Trinajstić information content (AvgIpc) is 2.70. The van der Waals surface area contributed by atoms with E-state index in [1.165, 1.54) is 29.7 Å². The SMILES string of the molecule is CN(C)Cc1csc(CN(C)CC2(CO)CCC2)c1. The summed E-state index contributed by atoms with van der Waals surface area (Å²) in [6.45, 7) is 3.37. The third kappa shape index (κ3) is 4.02. The Labute approximate surface area is 120 Å². The highest BCUT2D eigenvalue weighted by Crippen LogP contribution is 2.41. The van der Waals surface area contributed by atoms with Crippen LogP contribution in [0.1, 0.15) is 29.7 Å². The van der Waals surface area contributed by atoms with Gasteiger partial charge in [0, 0.05) is 36.5 Å². The first kappa shape index (κ1) is 15.0. The number of aliphatic hydroxyl groups is 1. The predicted molar refractivity (Wildman–Crippen MR) is 81.4 cm³/mol. The van der Waals surface area contributed by atoms with E-state index in [2.05, 4.69) is 42.4 Å². The highest BCUT2D eigenvalue weighted by molar-refractivity contribution is 7.10. The van der Waals surface area contributed by atoms with Crippen LogP contribution in [0.4, 0.5) is 0 Å². The van der Waals surface area contributed by atoms with Crippen LogP contribution < -0.4 is 0 Å². The van der Waals surface area contributed by atoms with Crippen molar-refractivity contribution in [2.24, 2.45) is 5.41 Å². The molecule has 108 valence electrons. The van der Waals surface area contributed by atoms with Gasteiger partial charge in [0.25, 0.3) is 0 Å². The number of nitrogens with zero attached hydrogens (tertiary/aromatic N) is 2. The highest BCUT2D eigenvalue weighted by atomic mass is 32.1. The van der Waals surface area contributed by atoms with Crippen molar-refractivity contribution in [2.75, 3.05) is 34.3 Å². The molecule has 3 nitrogen and oxygen atoms in total. The Morgan fingerprint density at radius 1 is 1.26 bits per heavy atom. The molecule has 0 unspecified atom stereocenters. The van der Waals surface area contributed by atoms with Gasteiger partial charge in [-0.05, 0) is 51.0 Å². The van der Waals surface area contributed by atoms with Crippen molar-refractivity contribution in [1.82, 2.24) is 9.80 Å². The quantitative estimate of drug-likeness (QED) is 0.832. The van der Waals surface area contributed by atoms with Gasteiger partial charge in [0.2, 0.25) is 0 Å². The van der Waals surface area contributed by atoms with E-state index in [0.717, 1.165) is 19.6 Å². The fourth-order valence-corrected chi connectivity index (χ4v) is 3.85. The lowest BCUT2D eigenvalue weighted by atomic mass is 9.69. The van der Waals surface area contributed by atoms with Crippen LogP contribution >= 0.6 is 11.3 Å². The molecule has 0 aliphatic heterocycles. The van der Waals surface area contributed by atoms with Gasteiger partial charge < -0.3 is 14.9 Å². The lowest BCUT2D eigenvalue weighted by molar-refractivity contribution is 0.0129. The minimum Gasteiger partial charge on any atom is -0.396 e. The van der Waals surface area contributed by atoms with Crippen molar-refractivity contribution in [3.63, 3.8) is 0 Å². The third-order valence-corrected chi connectivity index (χ3v) is 4.96. The topological polar surface area (TPSA) is 26.7 Å². The molecule has 0 spiro atoms. The molecule has 1 saturated carbocycles. The maximum Gasteiger partial charge on any atom is 0.0499 e. The molecule has 0 radical (unpaired) electrons. The summed E-state index contributed by atoms with van der Waals surface area (Å²) in [5.41, 5.74) is 1.59. The smallest absolute Gasteiger partial charge is 0.0499 e. The second-order valence-electron chi connectivity index (χ2n) is 6.34. The van der Waals surface area contributed by atoms with Gasteiger partial charge in [0.05, 0.1) is 0 Å². The molecule has 0 aromatic carbocycles. The maximum absolute atomic E-state index is 9.53. The zero-order chi connectivity index (χ0) is 13.9. The highest BCUT2D eigenvalue weighted by Gasteiger charge is 2.37. The van der Waals surface area contributed by atoms with E-state index >= 15 is 0 Å². The van der Waals surface area contributed by atoms with Crippen LogP contribution in [0.5, 0.6) is 0 Å².